The fraction of sp³-hybridized carbons (Fsp3) is 0.842. The quantitative estimate of drug-likeness (QED) is 0.741. The van der Waals surface area contributed by atoms with Crippen molar-refractivity contribution in [2.45, 2.75) is 58.0 Å². The monoisotopic (exact) mass is 286 g/mol. The van der Waals surface area contributed by atoms with Crippen molar-refractivity contribution in [3.8, 4) is 0 Å². The Labute approximate surface area is 127 Å². The van der Waals surface area contributed by atoms with Crippen molar-refractivity contribution < 1.29 is 9.90 Å². The van der Waals surface area contributed by atoms with Crippen molar-refractivity contribution in [3.05, 3.63) is 11.6 Å². The minimum absolute atomic E-state index is 0.0293. The van der Waals surface area contributed by atoms with Gasteiger partial charge in [-0.25, -0.2) is 0 Å². The summed E-state index contributed by atoms with van der Waals surface area (Å²) in [6, 6.07) is 0. The smallest absolute Gasteiger partial charge is 0.155 e. The van der Waals surface area contributed by atoms with Crippen LogP contribution in [0.2, 0.25) is 0 Å². The van der Waals surface area contributed by atoms with Gasteiger partial charge >= 0.3 is 0 Å². The fourth-order valence-electron chi connectivity index (χ4n) is 7.11. The van der Waals surface area contributed by atoms with Crippen LogP contribution in [-0.4, -0.2) is 17.0 Å². The highest BCUT2D eigenvalue weighted by Gasteiger charge is 2.68. The molecule has 0 amide bonds. The van der Waals surface area contributed by atoms with Crippen LogP contribution in [0.5, 0.6) is 0 Å². The highest BCUT2D eigenvalue weighted by Crippen LogP contribution is 2.71. The molecule has 0 spiro atoms. The first-order valence-corrected chi connectivity index (χ1v) is 9.01. The zero-order valence-electron chi connectivity index (χ0n) is 12.9. The van der Waals surface area contributed by atoms with Crippen molar-refractivity contribution in [1.29, 1.82) is 0 Å². The number of hydrogen-bond donors (Lipinski definition) is 1. The third-order valence-electron chi connectivity index (χ3n) is 8.03. The van der Waals surface area contributed by atoms with Gasteiger partial charge < -0.3 is 5.11 Å². The number of fused-ring (bicyclic) bond motifs is 7. The molecule has 0 heterocycles. The maximum Gasteiger partial charge on any atom is 0.155 e. The van der Waals surface area contributed by atoms with Crippen molar-refractivity contribution in [1.82, 2.24) is 0 Å². The Morgan fingerprint density at radius 1 is 1.10 bits per heavy atom. The third kappa shape index (κ3) is 1.55. The largest absolute Gasteiger partial charge is 0.392 e. The topological polar surface area (TPSA) is 37.3 Å². The molecule has 0 aliphatic heterocycles. The maximum absolute atomic E-state index is 11.7. The lowest BCUT2D eigenvalue weighted by molar-refractivity contribution is -0.116. The average molecular weight is 286 g/mol. The molecule has 8 atom stereocenters. The SMILES string of the molecule is C[C@]12CC[C@H]3[C@@H](CCC4=CC(=O)CC[C@@H]43)[C@@H]1[C@H]1C[C@H]1[C@@H]2O. The molecule has 5 rings (SSSR count). The second-order valence-electron chi connectivity index (χ2n) is 8.78. The van der Waals surface area contributed by atoms with E-state index < -0.39 is 0 Å². The summed E-state index contributed by atoms with van der Waals surface area (Å²) in [5.41, 5.74) is 1.68. The zero-order chi connectivity index (χ0) is 14.4. The second kappa shape index (κ2) is 4.01. The van der Waals surface area contributed by atoms with Gasteiger partial charge in [0.1, 0.15) is 0 Å². The molecular formula is C19H26O2. The van der Waals surface area contributed by atoms with Crippen LogP contribution in [0.4, 0.5) is 0 Å². The van der Waals surface area contributed by atoms with Gasteiger partial charge in [0.25, 0.3) is 0 Å². The summed E-state index contributed by atoms with van der Waals surface area (Å²) in [5, 5.41) is 10.7. The molecule has 2 heteroatoms. The molecule has 0 aromatic heterocycles. The molecule has 21 heavy (non-hydrogen) atoms. The number of rotatable bonds is 0. The predicted molar refractivity (Wildman–Crippen MR) is 80.5 cm³/mol. The molecule has 0 saturated heterocycles. The van der Waals surface area contributed by atoms with E-state index in [2.05, 4.69) is 6.92 Å². The Kier molecular flexibility index (Phi) is 2.46. The molecule has 2 nitrogen and oxygen atoms in total. The van der Waals surface area contributed by atoms with E-state index in [4.69, 9.17) is 0 Å². The number of ketones is 1. The lowest BCUT2D eigenvalue weighted by Crippen LogP contribution is -2.49. The Morgan fingerprint density at radius 2 is 1.95 bits per heavy atom. The molecule has 5 aliphatic carbocycles. The highest BCUT2D eigenvalue weighted by molar-refractivity contribution is 5.91. The molecule has 5 aliphatic rings. The van der Waals surface area contributed by atoms with Crippen molar-refractivity contribution in [3.63, 3.8) is 0 Å². The molecule has 1 N–H and O–H groups in total. The van der Waals surface area contributed by atoms with Gasteiger partial charge in [0.2, 0.25) is 0 Å². The maximum atomic E-state index is 11.7. The van der Waals surface area contributed by atoms with Gasteiger partial charge in [0, 0.05) is 6.42 Å². The van der Waals surface area contributed by atoms with Crippen LogP contribution in [0.15, 0.2) is 11.6 Å². The number of allylic oxidation sites excluding steroid dienone is 1. The Hall–Kier alpha value is -0.630. The Bertz CT molecular complexity index is 536. The standard InChI is InChI=1S/C19H26O2/c1-19-7-6-13-12-5-3-11(20)8-10(12)2-4-14(13)17(19)15-9-16(15)18(19)21/h8,12-18,21H,2-7,9H2,1H3/t12-,13+,14+,15-,16+,17+,18-,19-/m0/s1. The number of carbonyl (C=O) groups excluding carboxylic acids is 1. The normalized spacial score (nSPS) is 57.7. The number of aliphatic hydroxyl groups excluding tert-OH is 1. The minimum Gasteiger partial charge on any atom is -0.392 e. The lowest BCUT2D eigenvalue weighted by atomic mass is 9.51. The van der Waals surface area contributed by atoms with E-state index in [0.29, 0.717) is 17.6 Å². The summed E-state index contributed by atoms with van der Waals surface area (Å²) in [7, 11) is 0. The van der Waals surface area contributed by atoms with E-state index in [0.717, 1.165) is 42.9 Å². The van der Waals surface area contributed by atoms with Crippen LogP contribution in [0, 0.1) is 40.9 Å². The van der Waals surface area contributed by atoms with Gasteiger partial charge in [0.05, 0.1) is 6.10 Å². The van der Waals surface area contributed by atoms with Crippen LogP contribution in [-0.2, 0) is 4.79 Å². The van der Waals surface area contributed by atoms with Crippen molar-refractivity contribution in [2.75, 3.05) is 0 Å². The van der Waals surface area contributed by atoms with E-state index in [9.17, 15) is 9.90 Å². The van der Waals surface area contributed by atoms with Gasteiger partial charge in [0.15, 0.2) is 5.78 Å². The zero-order valence-corrected chi connectivity index (χ0v) is 12.9. The number of carbonyl (C=O) groups is 1. The first kappa shape index (κ1) is 12.9. The lowest BCUT2D eigenvalue weighted by Gasteiger charge is -2.54. The summed E-state index contributed by atoms with van der Waals surface area (Å²) in [5.74, 6) is 4.92. The van der Waals surface area contributed by atoms with Crippen LogP contribution < -0.4 is 0 Å². The summed E-state index contributed by atoms with van der Waals surface area (Å²) < 4.78 is 0. The predicted octanol–water partition coefficient (Wildman–Crippen LogP) is 3.35. The van der Waals surface area contributed by atoms with Crippen molar-refractivity contribution >= 4 is 5.78 Å². The van der Waals surface area contributed by atoms with Gasteiger partial charge in [-0.1, -0.05) is 12.5 Å². The molecular weight excluding hydrogens is 260 g/mol. The van der Waals surface area contributed by atoms with E-state index in [1.165, 1.54) is 31.3 Å². The number of aliphatic hydroxyl groups is 1. The van der Waals surface area contributed by atoms with E-state index >= 15 is 0 Å². The summed E-state index contributed by atoms with van der Waals surface area (Å²) in [4.78, 5) is 11.7. The van der Waals surface area contributed by atoms with Gasteiger partial charge in [-0.05, 0) is 85.5 Å². The molecule has 114 valence electrons. The van der Waals surface area contributed by atoms with Crippen LogP contribution >= 0.6 is 0 Å². The molecule has 4 fully saturated rings. The molecule has 0 radical (unpaired) electrons. The Morgan fingerprint density at radius 3 is 2.81 bits per heavy atom. The first-order chi connectivity index (χ1) is 10.1. The fourth-order valence-corrected chi connectivity index (χ4v) is 7.11. The van der Waals surface area contributed by atoms with Gasteiger partial charge in [-0.3, -0.25) is 4.79 Å². The van der Waals surface area contributed by atoms with Crippen LogP contribution in [0.1, 0.15) is 51.9 Å². The van der Waals surface area contributed by atoms with Gasteiger partial charge in [-0.2, -0.15) is 0 Å². The summed E-state index contributed by atoms with van der Waals surface area (Å²) in [6.07, 6.45) is 10.0. The summed E-state index contributed by atoms with van der Waals surface area (Å²) >= 11 is 0. The number of hydrogen-bond acceptors (Lipinski definition) is 2. The van der Waals surface area contributed by atoms with Crippen LogP contribution in [0.3, 0.4) is 0 Å². The highest BCUT2D eigenvalue weighted by atomic mass is 16.3. The van der Waals surface area contributed by atoms with Crippen LogP contribution in [0.25, 0.3) is 0 Å². The molecule has 0 aromatic carbocycles. The third-order valence-corrected chi connectivity index (χ3v) is 8.03. The first-order valence-electron chi connectivity index (χ1n) is 9.01. The average Bonchev–Trinajstić information content (AvgIpc) is 3.21. The Balaban J connectivity index is 1.49. The molecule has 0 aromatic rings. The molecule has 0 bridgehead atoms. The summed E-state index contributed by atoms with van der Waals surface area (Å²) in [6.45, 7) is 2.38. The van der Waals surface area contributed by atoms with E-state index in [1.807, 2.05) is 6.08 Å². The molecule has 0 unspecified atom stereocenters. The minimum atomic E-state index is -0.0293. The molecule has 4 saturated carbocycles. The van der Waals surface area contributed by atoms with E-state index in [1.54, 1.807) is 0 Å². The van der Waals surface area contributed by atoms with Crippen molar-refractivity contribution in [2.24, 2.45) is 40.9 Å². The second-order valence-corrected chi connectivity index (χ2v) is 8.78. The van der Waals surface area contributed by atoms with Gasteiger partial charge in [-0.15, -0.1) is 0 Å². The van der Waals surface area contributed by atoms with E-state index in [-0.39, 0.29) is 11.5 Å².